The number of fused-ring (bicyclic) bond motifs is 1. The normalized spacial score (nSPS) is 26.1. The molecule has 0 amide bonds. The molecular formula is C16H16O4. The third-order valence-corrected chi connectivity index (χ3v) is 4.12. The third-order valence-electron chi connectivity index (χ3n) is 4.12. The van der Waals surface area contributed by atoms with Crippen LogP contribution in [0.1, 0.15) is 35.8 Å². The molecule has 104 valence electrons. The van der Waals surface area contributed by atoms with E-state index >= 15 is 0 Å². The van der Waals surface area contributed by atoms with Gasteiger partial charge >= 0.3 is 0 Å². The first-order valence-electron chi connectivity index (χ1n) is 6.65. The zero-order chi connectivity index (χ0) is 14.5. The van der Waals surface area contributed by atoms with Crippen molar-refractivity contribution in [3.63, 3.8) is 0 Å². The van der Waals surface area contributed by atoms with E-state index in [-0.39, 0.29) is 12.3 Å². The summed E-state index contributed by atoms with van der Waals surface area (Å²) in [4.78, 5) is 44.5. The second kappa shape index (κ2) is 6.37. The Morgan fingerprint density at radius 1 is 1.05 bits per heavy atom. The highest BCUT2D eigenvalue weighted by molar-refractivity contribution is 5.74. The van der Waals surface area contributed by atoms with Gasteiger partial charge in [0.1, 0.15) is 25.1 Å². The van der Waals surface area contributed by atoms with Crippen molar-refractivity contribution in [3.05, 3.63) is 35.4 Å². The summed E-state index contributed by atoms with van der Waals surface area (Å²) < 4.78 is 0. The van der Waals surface area contributed by atoms with E-state index in [1.165, 1.54) is 0 Å². The standard InChI is InChI=1S/C16H16O4/c17-6-5-11(8-18)15-7-12(9-19)16(10-20)14-4-2-1-3-13(14)15/h1-4,6,8-12,15-16H,5,7H2. The summed E-state index contributed by atoms with van der Waals surface area (Å²) in [6.45, 7) is 0. The summed E-state index contributed by atoms with van der Waals surface area (Å²) in [5.41, 5.74) is 1.70. The summed E-state index contributed by atoms with van der Waals surface area (Å²) in [6.07, 6.45) is 3.65. The Hall–Kier alpha value is -2.10. The van der Waals surface area contributed by atoms with Crippen LogP contribution >= 0.6 is 0 Å². The van der Waals surface area contributed by atoms with E-state index in [1.54, 1.807) is 0 Å². The molecule has 0 fully saturated rings. The maximum absolute atomic E-state index is 11.3. The molecule has 0 radical (unpaired) electrons. The maximum Gasteiger partial charge on any atom is 0.128 e. The Kier molecular flexibility index (Phi) is 4.56. The average Bonchev–Trinajstić information content (AvgIpc) is 2.51. The van der Waals surface area contributed by atoms with Crippen molar-refractivity contribution in [3.8, 4) is 0 Å². The molecule has 0 aliphatic heterocycles. The predicted octanol–water partition coefficient (Wildman–Crippen LogP) is 1.68. The first kappa shape index (κ1) is 14.3. The first-order valence-corrected chi connectivity index (χ1v) is 6.65. The molecule has 1 aromatic rings. The Bertz CT molecular complexity index is 523. The second-order valence-corrected chi connectivity index (χ2v) is 5.14. The summed E-state index contributed by atoms with van der Waals surface area (Å²) in [6, 6.07) is 7.35. The number of carbonyl (C=O) groups excluding carboxylic acids is 4. The van der Waals surface area contributed by atoms with Gasteiger partial charge in [0, 0.05) is 24.2 Å². The van der Waals surface area contributed by atoms with Crippen LogP contribution in [0.3, 0.4) is 0 Å². The van der Waals surface area contributed by atoms with E-state index in [9.17, 15) is 19.2 Å². The fourth-order valence-corrected chi connectivity index (χ4v) is 3.10. The second-order valence-electron chi connectivity index (χ2n) is 5.14. The van der Waals surface area contributed by atoms with Gasteiger partial charge in [0.25, 0.3) is 0 Å². The lowest BCUT2D eigenvalue weighted by molar-refractivity contribution is -0.119. The van der Waals surface area contributed by atoms with Gasteiger partial charge in [-0.05, 0) is 23.5 Å². The van der Waals surface area contributed by atoms with Crippen molar-refractivity contribution in [2.24, 2.45) is 11.8 Å². The van der Waals surface area contributed by atoms with Crippen LogP contribution in [-0.4, -0.2) is 25.1 Å². The largest absolute Gasteiger partial charge is 0.303 e. The minimum absolute atomic E-state index is 0.139. The highest BCUT2D eigenvalue weighted by Gasteiger charge is 2.37. The molecule has 0 spiro atoms. The van der Waals surface area contributed by atoms with Crippen LogP contribution in [0.25, 0.3) is 0 Å². The number of carbonyl (C=O) groups is 4. The molecule has 20 heavy (non-hydrogen) atoms. The Morgan fingerprint density at radius 2 is 1.75 bits per heavy atom. The Morgan fingerprint density at radius 3 is 2.30 bits per heavy atom. The zero-order valence-corrected chi connectivity index (χ0v) is 11.0. The molecule has 0 saturated carbocycles. The van der Waals surface area contributed by atoms with Gasteiger partial charge in [0.15, 0.2) is 0 Å². The van der Waals surface area contributed by atoms with Gasteiger partial charge in [-0.15, -0.1) is 0 Å². The van der Waals surface area contributed by atoms with E-state index in [0.29, 0.717) is 6.42 Å². The van der Waals surface area contributed by atoms with E-state index < -0.39 is 17.8 Å². The van der Waals surface area contributed by atoms with Gasteiger partial charge in [-0.1, -0.05) is 24.3 Å². The quantitative estimate of drug-likeness (QED) is 0.739. The minimum atomic E-state index is -0.455. The lowest BCUT2D eigenvalue weighted by Crippen LogP contribution is -2.30. The summed E-state index contributed by atoms with van der Waals surface area (Å²) in [7, 11) is 0. The molecule has 4 unspecified atom stereocenters. The van der Waals surface area contributed by atoms with Crippen molar-refractivity contribution < 1.29 is 19.2 Å². The lowest BCUT2D eigenvalue weighted by atomic mass is 9.67. The fourth-order valence-electron chi connectivity index (χ4n) is 3.10. The minimum Gasteiger partial charge on any atom is -0.303 e. The molecule has 0 aromatic heterocycles. The molecule has 1 aliphatic carbocycles. The molecular weight excluding hydrogens is 256 g/mol. The smallest absolute Gasteiger partial charge is 0.128 e. The van der Waals surface area contributed by atoms with Crippen molar-refractivity contribution in [1.29, 1.82) is 0 Å². The number of aldehydes is 4. The number of hydrogen-bond donors (Lipinski definition) is 0. The Balaban J connectivity index is 2.48. The number of benzene rings is 1. The number of hydrogen-bond acceptors (Lipinski definition) is 4. The summed E-state index contributed by atoms with van der Waals surface area (Å²) >= 11 is 0. The zero-order valence-electron chi connectivity index (χ0n) is 11.0. The molecule has 1 aliphatic rings. The third kappa shape index (κ3) is 2.46. The fraction of sp³-hybridized carbons (Fsp3) is 0.375. The van der Waals surface area contributed by atoms with E-state index in [1.807, 2.05) is 24.3 Å². The lowest BCUT2D eigenvalue weighted by Gasteiger charge is -2.35. The Labute approximate surface area is 117 Å². The topological polar surface area (TPSA) is 68.3 Å². The molecule has 1 aromatic carbocycles. The number of rotatable bonds is 6. The molecule has 0 heterocycles. The maximum atomic E-state index is 11.3. The van der Waals surface area contributed by atoms with Crippen molar-refractivity contribution in [1.82, 2.24) is 0 Å². The highest BCUT2D eigenvalue weighted by Crippen LogP contribution is 2.44. The van der Waals surface area contributed by atoms with E-state index in [0.717, 1.165) is 36.3 Å². The van der Waals surface area contributed by atoms with Crippen molar-refractivity contribution >= 4 is 25.1 Å². The summed E-state index contributed by atoms with van der Waals surface area (Å²) in [5, 5.41) is 0. The predicted molar refractivity (Wildman–Crippen MR) is 72.4 cm³/mol. The van der Waals surface area contributed by atoms with Crippen LogP contribution in [0.5, 0.6) is 0 Å². The van der Waals surface area contributed by atoms with Crippen LogP contribution in [0, 0.1) is 11.8 Å². The summed E-state index contributed by atoms with van der Waals surface area (Å²) in [5.74, 6) is -1.51. The molecule has 2 rings (SSSR count). The SMILES string of the molecule is O=CCC(C=O)C1CC(C=O)C(C=O)c2ccccc21. The van der Waals surface area contributed by atoms with Crippen LogP contribution in [0.4, 0.5) is 0 Å². The van der Waals surface area contributed by atoms with Gasteiger partial charge in [-0.2, -0.15) is 0 Å². The van der Waals surface area contributed by atoms with Gasteiger partial charge < -0.3 is 19.2 Å². The van der Waals surface area contributed by atoms with Crippen LogP contribution in [0.15, 0.2) is 24.3 Å². The van der Waals surface area contributed by atoms with E-state index in [4.69, 9.17) is 0 Å². The highest BCUT2D eigenvalue weighted by atomic mass is 16.1. The molecule has 4 nitrogen and oxygen atoms in total. The van der Waals surface area contributed by atoms with Crippen molar-refractivity contribution in [2.45, 2.75) is 24.7 Å². The molecule has 4 atom stereocenters. The van der Waals surface area contributed by atoms with Crippen LogP contribution in [-0.2, 0) is 19.2 Å². The van der Waals surface area contributed by atoms with Gasteiger partial charge in [0.05, 0.1) is 0 Å². The van der Waals surface area contributed by atoms with Crippen molar-refractivity contribution in [2.75, 3.05) is 0 Å². The van der Waals surface area contributed by atoms with Gasteiger partial charge in [0.2, 0.25) is 0 Å². The molecule has 0 saturated heterocycles. The molecule has 4 heteroatoms. The van der Waals surface area contributed by atoms with Gasteiger partial charge in [-0.25, -0.2) is 0 Å². The van der Waals surface area contributed by atoms with Crippen LogP contribution in [0.2, 0.25) is 0 Å². The van der Waals surface area contributed by atoms with E-state index in [2.05, 4.69) is 0 Å². The average molecular weight is 272 g/mol. The van der Waals surface area contributed by atoms with Gasteiger partial charge in [-0.3, -0.25) is 0 Å². The first-order chi connectivity index (χ1) is 9.76. The monoisotopic (exact) mass is 272 g/mol. The molecule has 0 N–H and O–H groups in total. The van der Waals surface area contributed by atoms with Crippen LogP contribution < -0.4 is 0 Å². The molecule has 0 bridgehead atoms.